The Kier molecular flexibility index (Phi) is 4.10. The number of benzene rings is 1. The summed E-state index contributed by atoms with van der Waals surface area (Å²) in [5.41, 5.74) is 1.16. The van der Waals surface area contributed by atoms with E-state index < -0.39 is 0 Å². The second-order valence-corrected chi connectivity index (χ2v) is 3.65. The smallest absolute Gasteiger partial charge is 0.137 e. The Labute approximate surface area is 100 Å². The van der Waals surface area contributed by atoms with E-state index in [0.29, 0.717) is 13.2 Å². The third-order valence-corrected chi connectivity index (χ3v) is 2.38. The molecule has 0 bridgehead atoms. The van der Waals surface area contributed by atoms with E-state index in [9.17, 15) is 0 Å². The molecule has 0 aliphatic rings. The van der Waals surface area contributed by atoms with Crippen molar-refractivity contribution in [3.63, 3.8) is 0 Å². The second-order valence-electron chi connectivity index (χ2n) is 3.65. The second kappa shape index (κ2) is 6.00. The lowest BCUT2D eigenvalue weighted by atomic mass is 10.2. The van der Waals surface area contributed by atoms with Crippen LogP contribution in [0.2, 0.25) is 0 Å². The molecule has 0 atom stereocenters. The Morgan fingerprint density at radius 2 is 2.24 bits per heavy atom. The highest BCUT2D eigenvalue weighted by molar-refractivity contribution is 5.33. The van der Waals surface area contributed by atoms with Gasteiger partial charge in [-0.15, -0.1) is 0 Å². The van der Waals surface area contributed by atoms with Crippen molar-refractivity contribution >= 4 is 0 Å². The predicted octanol–water partition coefficient (Wildman–Crippen LogP) is 1.08. The highest BCUT2D eigenvalue weighted by Crippen LogP contribution is 2.17. The summed E-state index contributed by atoms with van der Waals surface area (Å²) in [6.07, 6.45) is 3.21. The third kappa shape index (κ3) is 3.29. The van der Waals surface area contributed by atoms with Crippen LogP contribution in [-0.2, 0) is 13.1 Å². The van der Waals surface area contributed by atoms with Crippen molar-refractivity contribution in [2.45, 2.75) is 13.1 Å². The molecule has 0 spiro atoms. The average Bonchev–Trinajstić information content (AvgIpc) is 2.85. The van der Waals surface area contributed by atoms with Crippen molar-refractivity contribution in [2.24, 2.45) is 0 Å². The first kappa shape index (κ1) is 11.6. The molecule has 0 aliphatic carbocycles. The highest BCUT2D eigenvalue weighted by atomic mass is 16.5. The number of rotatable bonds is 6. The number of aromatic nitrogens is 3. The van der Waals surface area contributed by atoms with Gasteiger partial charge in [0.2, 0.25) is 0 Å². The summed E-state index contributed by atoms with van der Waals surface area (Å²) in [7, 11) is 1.92. The summed E-state index contributed by atoms with van der Waals surface area (Å²) in [4.78, 5) is 3.88. The molecular formula is C12H16N4O. The Morgan fingerprint density at radius 3 is 3.00 bits per heavy atom. The molecule has 1 aromatic carbocycles. The van der Waals surface area contributed by atoms with Crippen LogP contribution in [-0.4, -0.2) is 28.4 Å². The van der Waals surface area contributed by atoms with Crippen LogP contribution in [0.1, 0.15) is 5.56 Å². The zero-order chi connectivity index (χ0) is 11.9. The van der Waals surface area contributed by atoms with Crippen LogP contribution < -0.4 is 10.1 Å². The van der Waals surface area contributed by atoms with Gasteiger partial charge in [-0.05, 0) is 13.1 Å². The molecule has 0 amide bonds. The fourth-order valence-corrected chi connectivity index (χ4v) is 1.58. The molecule has 0 radical (unpaired) electrons. The van der Waals surface area contributed by atoms with Crippen LogP contribution in [0.4, 0.5) is 0 Å². The monoisotopic (exact) mass is 232 g/mol. The van der Waals surface area contributed by atoms with Crippen molar-refractivity contribution in [2.75, 3.05) is 13.7 Å². The van der Waals surface area contributed by atoms with Gasteiger partial charge >= 0.3 is 0 Å². The summed E-state index contributed by atoms with van der Waals surface area (Å²) in [6, 6.07) is 8.02. The van der Waals surface area contributed by atoms with Crippen molar-refractivity contribution in [1.82, 2.24) is 20.1 Å². The molecule has 0 aliphatic heterocycles. The zero-order valence-corrected chi connectivity index (χ0v) is 9.84. The van der Waals surface area contributed by atoms with Crippen LogP contribution in [0.5, 0.6) is 5.75 Å². The van der Waals surface area contributed by atoms with Gasteiger partial charge in [0.1, 0.15) is 25.0 Å². The van der Waals surface area contributed by atoms with Crippen molar-refractivity contribution in [1.29, 1.82) is 0 Å². The van der Waals surface area contributed by atoms with Gasteiger partial charge in [0.05, 0.1) is 6.54 Å². The fraction of sp³-hybridized carbons (Fsp3) is 0.333. The molecule has 0 unspecified atom stereocenters. The van der Waals surface area contributed by atoms with Crippen LogP contribution in [0.3, 0.4) is 0 Å². The molecule has 1 N–H and O–H groups in total. The van der Waals surface area contributed by atoms with E-state index in [1.807, 2.05) is 25.2 Å². The molecule has 90 valence electrons. The SMILES string of the molecule is CNCc1ccccc1OCCn1cncn1. The standard InChI is InChI=1S/C12H16N4O/c1-13-8-11-4-2-3-5-12(11)17-7-6-16-10-14-9-15-16/h2-5,9-10,13H,6-8H2,1H3. The van der Waals surface area contributed by atoms with Crippen LogP contribution in [0.15, 0.2) is 36.9 Å². The number of nitrogens with zero attached hydrogens (tertiary/aromatic N) is 3. The van der Waals surface area contributed by atoms with Gasteiger partial charge in [0, 0.05) is 12.1 Å². The van der Waals surface area contributed by atoms with E-state index in [0.717, 1.165) is 17.9 Å². The van der Waals surface area contributed by atoms with Crippen molar-refractivity contribution in [3.05, 3.63) is 42.5 Å². The van der Waals surface area contributed by atoms with Gasteiger partial charge in [0.25, 0.3) is 0 Å². The Balaban J connectivity index is 1.89. The number of nitrogens with one attached hydrogen (secondary N) is 1. The van der Waals surface area contributed by atoms with E-state index in [2.05, 4.69) is 21.5 Å². The van der Waals surface area contributed by atoms with Gasteiger partial charge in [-0.3, -0.25) is 0 Å². The zero-order valence-electron chi connectivity index (χ0n) is 9.84. The number of ether oxygens (including phenoxy) is 1. The van der Waals surface area contributed by atoms with Crippen LogP contribution in [0.25, 0.3) is 0 Å². The molecule has 5 nitrogen and oxygen atoms in total. The summed E-state index contributed by atoms with van der Waals surface area (Å²) >= 11 is 0. The van der Waals surface area contributed by atoms with Gasteiger partial charge < -0.3 is 10.1 Å². The first-order valence-corrected chi connectivity index (χ1v) is 5.58. The quantitative estimate of drug-likeness (QED) is 0.809. The van der Waals surface area contributed by atoms with Crippen LogP contribution in [0, 0.1) is 0 Å². The van der Waals surface area contributed by atoms with E-state index in [4.69, 9.17) is 4.74 Å². The van der Waals surface area contributed by atoms with Crippen LogP contribution >= 0.6 is 0 Å². The van der Waals surface area contributed by atoms with Gasteiger partial charge in [-0.2, -0.15) is 5.10 Å². The van der Waals surface area contributed by atoms with Gasteiger partial charge in [-0.1, -0.05) is 18.2 Å². The molecule has 0 saturated heterocycles. The summed E-state index contributed by atoms with van der Waals surface area (Å²) in [5, 5.41) is 7.14. The molecule has 1 heterocycles. The minimum Gasteiger partial charge on any atom is -0.491 e. The molecule has 1 aromatic heterocycles. The number of hydrogen-bond acceptors (Lipinski definition) is 4. The van der Waals surface area contributed by atoms with Crippen molar-refractivity contribution in [3.8, 4) is 5.75 Å². The third-order valence-electron chi connectivity index (χ3n) is 2.38. The normalized spacial score (nSPS) is 10.4. The average molecular weight is 232 g/mol. The lowest BCUT2D eigenvalue weighted by molar-refractivity contribution is 0.288. The van der Waals surface area contributed by atoms with E-state index in [1.54, 1.807) is 11.0 Å². The molecular weight excluding hydrogens is 216 g/mol. The number of para-hydroxylation sites is 1. The Morgan fingerprint density at radius 1 is 1.35 bits per heavy atom. The molecule has 2 rings (SSSR count). The lowest BCUT2D eigenvalue weighted by Crippen LogP contribution is -2.11. The van der Waals surface area contributed by atoms with E-state index in [1.165, 1.54) is 6.33 Å². The van der Waals surface area contributed by atoms with Gasteiger partial charge in [0.15, 0.2) is 0 Å². The topological polar surface area (TPSA) is 52.0 Å². The Bertz CT molecular complexity index is 442. The minimum absolute atomic E-state index is 0.587. The Hall–Kier alpha value is -1.88. The first-order chi connectivity index (χ1) is 8.40. The molecule has 5 heteroatoms. The predicted molar refractivity (Wildman–Crippen MR) is 64.7 cm³/mol. The summed E-state index contributed by atoms with van der Waals surface area (Å²) in [5.74, 6) is 0.918. The minimum atomic E-state index is 0.587. The number of hydrogen-bond donors (Lipinski definition) is 1. The lowest BCUT2D eigenvalue weighted by Gasteiger charge is -2.10. The summed E-state index contributed by atoms with van der Waals surface area (Å²) in [6.45, 7) is 2.09. The first-order valence-electron chi connectivity index (χ1n) is 5.58. The maximum atomic E-state index is 5.73. The fourth-order valence-electron chi connectivity index (χ4n) is 1.58. The highest BCUT2D eigenvalue weighted by Gasteiger charge is 2.01. The van der Waals surface area contributed by atoms with E-state index in [-0.39, 0.29) is 0 Å². The molecule has 0 saturated carbocycles. The van der Waals surface area contributed by atoms with Crippen molar-refractivity contribution < 1.29 is 4.74 Å². The largest absolute Gasteiger partial charge is 0.491 e. The maximum Gasteiger partial charge on any atom is 0.137 e. The molecule has 0 fully saturated rings. The van der Waals surface area contributed by atoms with E-state index >= 15 is 0 Å². The molecule has 17 heavy (non-hydrogen) atoms. The maximum absolute atomic E-state index is 5.73. The van der Waals surface area contributed by atoms with Gasteiger partial charge in [-0.25, -0.2) is 9.67 Å². The molecule has 2 aromatic rings. The summed E-state index contributed by atoms with van der Waals surface area (Å²) < 4.78 is 7.49.